The van der Waals surface area contributed by atoms with Crippen molar-refractivity contribution in [2.45, 2.75) is 6.42 Å². The number of hydrogen-bond acceptors (Lipinski definition) is 2. The van der Waals surface area contributed by atoms with E-state index in [1.54, 1.807) is 0 Å². The van der Waals surface area contributed by atoms with Crippen LogP contribution in [0.3, 0.4) is 0 Å². The highest BCUT2D eigenvalue weighted by Crippen LogP contribution is 2.24. The summed E-state index contributed by atoms with van der Waals surface area (Å²) in [5.41, 5.74) is 1.87. The summed E-state index contributed by atoms with van der Waals surface area (Å²) in [6, 6.07) is 5.74. The quantitative estimate of drug-likeness (QED) is 0.769. The smallest absolute Gasteiger partial charge is 0.132 e. The van der Waals surface area contributed by atoms with Crippen molar-refractivity contribution in [1.29, 1.82) is 0 Å². The summed E-state index contributed by atoms with van der Waals surface area (Å²) in [5, 5.41) is 17.0. The molecule has 1 heterocycles. The Labute approximate surface area is 80.3 Å². The molecule has 1 aromatic heterocycles. The molecular formula is C9H9ClN2O. The van der Waals surface area contributed by atoms with Crippen molar-refractivity contribution in [2.24, 2.45) is 0 Å². The van der Waals surface area contributed by atoms with Crippen LogP contribution in [0.4, 0.5) is 0 Å². The largest absolute Gasteiger partial charge is 0.396 e. The van der Waals surface area contributed by atoms with E-state index in [9.17, 15) is 0 Å². The lowest BCUT2D eigenvalue weighted by Gasteiger charge is -1.99. The molecule has 0 aliphatic carbocycles. The fourth-order valence-electron chi connectivity index (χ4n) is 1.43. The lowest BCUT2D eigenvalue weighted by Crippen LogP contribution is -1.90. The third kappa shape index (κ3) is 1.41. The van der Waals surface area contributed by atoms with Crippen LogP contribution < -0.4 is 0 Å². The molecule has 13 heavy (non-hydrogen) atoms. The third-order valence-electron chi connectivity index (χ3n) is 2.00. The Balaban J connectivity index is 2.65. The lowest BCUT2D eigenvalue weighted by molar-refractivity contribution is 0.300. The fourth-order valence-corrected chi connectivity index (χ4v) is 1.69. The van der Waals surface area contributed by atoms with E-state index >= 15 is 0 Å². The highest BCUT2D eigenvalue weighted by Gasteiger charge is 2.06. The Morgan fingerprint density at radius 2 is 2.31 bits per heavy atom. The molecule has 0 spiro atoms. The molecule has 0 aliphatic rings. The van der Waals surface area contributed by atoms with Gasteiger partial charge in [-0.15, -0.1) is 0 Å². The monoisotopic (exact) mass is 196 g/mol. The highest BCUT2D eigenvalue weighted by atomic mass is 35.5. The molecule has 0 fully saturated rings. The second-order valence-electron chi connectivity index (χ2n) is 2.82. The van der Waals surface area contributed by atoms with Gasteiger partial charge < -0.3 is 5.11 Å². The average molecular weight is 197 g/mol. The first kappa shape index (κ1) is 8.53. The van der Waals surface area contributed by atoms with Gasteiger partial charge in [0.1, 0.15) is 5.15 Å². The zero-order valence-corrected chi connectivity index (χ0v) is 7.67. The van der Waals surface area contributed by atoms with Crippen molar-refractivity contribution in [1.82, 2.24) is 10.2 Å². The first-order chi connectivity index (χ1) is 6.33. The van der Waals surface area contributed by atoms with Gasteiger partial charge in [-0.2, -0.15) is 5.10 Å². The van der Waals surface area contributed by atoms with Gasteiger partial charge in [0.25, 0.3) is 0 Å². The number of nitrogens with zero attached hydrogens (tertiary/aromatic N) is 1. The molecule has 0 atom stereocenters. The number of rotatable bonds is 2. The summed E-state index contributed by atoms with van der Waals surface area (Å²) in [6.45, 7) is 0.126. The third-order valence-corrected chi connectivity index (χ3v) is 2.28. The molecule has 3 nitrogen and oxygen atoms in total. The average Bonchev–Trinajstić information content (AvgIpc) is 2.50. The van der Waals surface area contributed by atoms with E-state index in [0.717, 1.165) is 16.5 Å². The van der Waals surface area contributed by atoms with Gasteiger partial charge in [-0.1, -0.05) is 23.7 Å². The van der Waals surface area contributed by atoms with Crippen LogP contribution in [-0.4, -0.2) is 21.9 Å². The number of fused-ring (bicyclic) bond motifs is 1. The number of aliphatic hydroxyl groups excluding tert-OH is 1. The van der Waals surface area contributed by atoms with Crippen LogP contribution in [0, 0.1) is 0 Å². The van der Waals surface area contributed by atoms with Crippen LogP contribution in [0.15, 0.2) is 18.2 Å². The van der Waals surface area contributed by atoms with Crippen LogP contribution in [0.2, 0.25) is 5.15 Å². The maximum atomic E-state index is 8.83. The Bertz CT molecular complexity index is 424. The van der Waals surface area contributed by atoms with Gasteiger partial charge in [0.15, 0.2) is 0 Å². The summed E-state index contributed by atoms with van der Waals surface area (Å²) < 4.78 is 0. The summed E-state index contributed by atoms with van der Waals surface area (Å²) in [7, 11) is 0. The summed E-state index contributed by atoms with van der Waals surface area (Å²) in [5.74, 6) is 0. The molecule has 2 aromatic rings. The number of benzene rings is 1. The summed E-state index contributed by atoms with van der Waals surface area (Å²) in [4.78, 5) is 0. The first-order valence-corrected chi connectivity index (χ1v) is 4.43. The van der Waals surface area contributed by atoms with Gasteiger partial charge in [-0.05, 0) is 18.1 Å². The molecular weight excluding hydrogens is 188 g/mol. The summed E-state index contributed by atoms with van der Waals surface area (Å²) in [6.07, 6.45) is 0.608. The van der Waals surface area contributed by atoms with Gasteiger partial charge in [0, 0.05) is 12.0 Å². The Morgan fingerprint density at radius 1 is 1.46 bits per heavy atom. The molecule has 2 N–H and O–H groups in total. The molecule has 0 saturated heterocycles. The fraction of sp³-hybridized carbons (Fsp3) is 0.222. The van der Waals surface area contributed by atoms with Gasteiger partial charge >= 0.3 is 0 Å². The molecule has 0 amide bonds. The van der Waals surface area contributed by atoms with Crippen molar-refractivity contribution in [3.8, 4) is 0 Å². The van der Waals surface area contributed by atoms with E-state index in [1.807, 2.05) is 18.2 Å². The zero-order valence-electron chi connectivity index (χ0n) is 6.92. The van der Waals surface area contributed by atoms with Crippen LogP contribution in [0.5, 0.6) is 0 Å². The molecule has 68 valence electrons. The van der Waals surface area contributed by atoms with Crippen LogP contribution in [0.1, 0.15) is 5.56 Å². The van der Waals surface area contributed by atoms with Crippen molar-refractivity contribution in [3.63, 3.8) is 0 Å². The predicted octanol–water partition coefficient (Wildman–Crippen LogP) is 1.75. The number of aromatic nitrogens is 2. The van der Waals surface area contributed by atoms with Crippen molar-refractivity contribution < 1.29 is 5.11 Å². The molecule has 1 aromatic carbocycles. The Kier molecular flexibility index (Phi) is 2.20. The standard InChI is InChI=1S/C9H9ClN2O/c10-9-8-6(4-5-13)2-1-3-7(8)11-12-9/h1-3,13H,4-5H2,(H,11,12). The highest BCUT2D eigenvalue weighted by molar-refractivity contribution is 6.34. The van der Waals surface area contributed by atoms with Gasteiger partial charge in [-0.3, -0.25) is 5.10 Å². The second-order valence-corrected chi connectivity index (χ2v) is 3.20. The minimum absolute atomic E-state index is 0.126. The molecule has 2 rings (SSSR count). The van der Waals surface area contributed by atoms with E-state index < -0.39 is 0 Å². The van der Waals surface area contributed by atoms with E-state index in [-0.39, 0.29) is 6.61 Å². The molecule has 4 heteroatoms. The summed E-state index contributed by atoms with van der Waals surface area (Å²) >= 11 is 5.91. The first-order valence-electron chi connectivity index (χ1n) is 4.05. The number of aliphatic hydroxyl groups is 1. The topological polar surface area (TPSA) is 48.9 Å². The number of nitrogens with one attached hydrogen (secondary N) is 1. The van der Waals surface area contributed by atoms with Crippen LogP contribution in [0.25, 0.3) is 10.9 Å². The zero-order chi connectivity index (χ0) is 9.26. The molecule has 0 saturated carbocycles. The number of aromatic amines is 1. The van der Waals surface area contributed by atoms with E-state index in [2.05, 4.69) is 10.2 Å². The van der Waals surface area contributed by atoms with Crippen LogP contribution in [-0.2, 0) is 6.42 Å². The van der Waals surface area contributed by atoms with E-state index in [4.69, 9.17) is 16.7 Å². The predicted molar refractivity (Wildman–Crippen MR) is 51.9 cm³/mol. The molecule has 0 unspecified atom stereocenters. The maximum absolute atomic E-state index is 8.83. The second kappa shape index (κ2) is 3.36. The van der Waals surface area contributed by atoms with E-state index in [1.165, 1.54) is 0 Å². The minimum Gasteiger partial charge on any atom is -0.396 e. The number of halogens is 1. The number of hydrogen-bond donors (Lipinski definition) is 2. The lowest BCUT2D eigenvalue weighted by atomic mass is 10.1. The maximum Gasteiger partial charge on any atom is 0.132 e. The van der Waals surface area contributed by atoms with Gasteiger partial charge in [0.05, 0.1) is 5.52 Å². The van der Waals surface area contributed by atoms with E-state index in [0.29, 0.717) is 11.6 Å². The Morgan fingerprint density at radius 3 is 3.08 bits per heavy atom. The Hall–Kier alpha value is -1.06. The molecule has 0 bridgehead atoms. The van der Waals surface area contributed by atoms with Crippen LogP contribution >= 0.6 is 11.6 Å². The molecule has 0 radical (unpaired) electrons. The minimum atomic E-state index is 0.126. The SMILES string of the molecule is OCCc1cccc2n[nH]c(Cl)c12. The normalized spacial score (nSPS) is 10.9. The van der Waals surface area contributed by atoms with Gasteiger partial charge in [-0.25, -0.2) is 0 Å². The van der Waals surface area contributed by atoms with Crippen molar-refractivity contribution >= 4 is 22.5 Å². The van der Waals surface area contributed by atoms with Crippen molar-refractivity contribution in [3.05, 3.63) is 28.9 Å². The molecule has 0 aliphatic heterocycles. The van der Waals surface area contributed by atoms with Crippen molar-refractivity contribution in [2.75, 3.05) is 6.61 Å². The number of H-pyrrole nitrogens is 1. The van der Waals surface area contributed by atoms with Gasteiger partial charge in [0.2, 0.25) is 0 Å².